The van der Waals surface area contributed by atoms with Crippen molar-refractivity contribution in [2.75, 3.05) is 6.61 Å². The van der Waals surface area contributed by atoms with Crippen LogP contribution in [-0.2, 0) is 6.42 Å². The Morgan fingerprint density at radius 2 is 1.94 bits per heavy atom. The summed E-state index contributed by atoms with van der Waals surface area (Å²) < 4.78 is 13.9. The largest absolute Gasteiger partial charge is 0.396 e. The van der Waals surface area contributed by atoms with Crippen LogP contribution in [0.2, 0.25) is 0 Å². The Kier molecular flexibility index (Phi) is 4.31. The smallest absolute Gasteiger partial charge is 0.123 e. The van der Waals surface area contributed by atoms with Gasteiger partial charge in [0.25, 0.3) is 0 Å². The summed E-state index contributed by atoms with van der Waals surface area (Å²) in [6.07, 6.45) is 0.764. The zero-order valence-corrected chi connectivity index (χ0v) is 11.5. The minimum Gasteiger partial charge on any atom is -0.396 e. The lowest BCUT2D eigenvalue weighted by Crippen LogP contribution is -2.07. The van der Waals surface area contributed by atoms with E-state index in [-0.39, 0.29) is 18.3 Å². The number of aliphatic hydroxyl groups is 1. The molecule has 0 aliphatic carbocycles. The molecule has 0 spiro atoms. The Morgan fingerprint density at radius 3 is 2.47 bits per heavy atom. The van der Waals surface area contributed by atoms with Crippen LogP contribution in [0.5, 0.6) is 0 Å². The number of hydrogen-bond acceptors (Lipinski definition) is 2. The highest BCUT2D eigenvalue weighted by Gasteiger charge is 2.14. The molecule has 2 aromatic rings. The van der Waals surface area contributed by atoms with E-state index in [2.05, 4.69) is 15.9 Å². The van der Waals surface area contributed by atoms with Gasteiger partial charge in [-0.15, -0.1) is 11.3 Å². The third-order valence-corrected chi connectivity index (χ3v) is 4.63. The zero-order chi connectivity index (χ0) is 12.3. The topological polar surface area (TPSA) is 20.2 Å². The highest BCUT2D eigenvalue weighted by molar-refractivity contribution is 9.10. The lowest BCUT2D eigenvalue weighted by Gasteiger charge is -2.14. The fourth-order valence-corrected chi connectivity index (χ4v) is 3.31. The molecule has 0 aliphatic heterocycles. The fourth-order valence-electron chi connectivity index (χ4n) is 1.72. The predicted molar refractivity (Wildman–Crippen MR) is 71.9 cm³/mol. The van der Waals surface area contributed by atoms with Crippen LogP contribution in [0.1, 0.15) is 16.4 Å². The number of hydrogen-bond donors (Lipinski definition) is 1. The second-order valence-electron chi connectivity index (χ2n) is 3.83. The Hall–Kier alpha value is -0.710. The van der Waals surface area contributed by atoms with E-state index in [0.29, 0.717) is 0 Å². The molecule has 1 heterocycles. The molecule has 0 bridgehead atoms. The SMILES string of the molecule is OCC(Cc1sccc1Br)c1ccc(F)cc1. The first kappa shape index (κ1) is 12.7. The van der Waals surface area contributed by atoms with E-state index in [1.807, 2.05) is 11.4 Å². The normalized spacial score (nSPS) is 12.6. The van der Waals surface area contributed by atoms with Crippen molar-refractivity contribution in [1.82, 2.24) is 0 Å². The first-order valence-corrected chi connectivity index (χ1v) is 6.96. The molecule has 0 fully saturated rings. The van der Waals surface area contributed by atoms with Crippen LogP contribution in [0.4, 0.5) is 4.39 Å². The van der Waals surface area contributed by atoms with Crippen molar-refractivity contribution in [3.8, 4) is 0 Å². The first-order valence-electron chi connectivity index (χ1n) is 5.29. The average molecular weight is 315 g/mol. The lowest BCUT2D eigenvalue weighted by atomic mass is 9.96. The Bertz CT molecular complexity index is 480. The van der Waals surface area contributed by atoms with Crippen LogP contribution in [0.15, 0.2) is 40.2 Å². The lowest BCUT2D eigenvalue weighted by molar-refractivity contribution is 0.265. The third-order valence-electron chi connectivity index (χ3n) is 2.68. The van der Waals surface area contributed by atoms with Crippen molar-refractivity contribution in [3.63, 3.8) is 0 Å². The zero-order valence-electron chi connectivity index (χ0n) is 9.07. The highest BCUT2D eigenvalue weighted by Crippen LogP contribution is 2.29. The maximum absolute atomic E-state index is 12.8. The van der Waals surface area contributed by atoms with Crippen molar-refractivity contribution in [2.24, 2.45) is 0 Å². The van der Waals surface area contributed by atoms with Gasteiger partial charge in [-0.05, 0) is 51.5 Å². The van der Waals surface area contributed by atoms with E-state index in [1.54, 1.807) is 23.5 Å². The number of benzene rings is 1. The van der Waals surface area contributed by atoms with E-state index in [4.69, 9.17) is 0 Å². The Labute approximate surface area is 112 Å². The monoisotopic (exact) mass is 314 g/mol. The standard InChI is InChI=1S/C13H12BrFOS/c14-12-5-6-17-13(12)7-10(8-16)9-1-3-11(15)4-2-9/h1-6,10,16H,7-8H2. The number of halogens is 2. The molecule has 1 N–H and O–H groups in total. The van der Waals surface area contributed by atoms with Gasteiger partial charge in [0.05, 0.1) is 6.61 Å². The number of thiophene rings is 1. The molecule has 1 aromatic carbocycles. The van der Waals surface area contributed by atoms with Gasteiger partial charge in [0.1, 0.15) is 5.82 Å². The van der Waals surface area contributed by atoms with Gasteiger partial charge in [0.2, 0.25) is 0 Å². The second kappa shape index (κ2) is 5.76. The summed E-state index contributed by atoms with van der Waals surface area (Å²) in [6.45, 7) is 0.0654. The Balaban J connectivity index is 2.17. The van der Waals surface area contributed by atoms with E-state index < -0.39 is 0 Å². The Morgan fingerprint density at radius 1 is 1.24 bits per heavy atom. The molecular weight excluding hydrogens is 303 g/mol. The van der Waals surface area contributed by atoms with Crippen molar-refractivity contribution >= 4 is 27.3 Å². The number of rotatable bonds is 4. The molecule has 2 rings (SSSR count). The maximum Gasteiger partial charge on any atom is 0.123 e. The summed E-state index contributed by atoms with van der Waals surface area (Å²) in [6, 6.07) is 8.33. The van der Waals surface area contributed by atoms with Gasteiger partial charge in [-0.3, -0.25) is 0 Å². The molecule has 0 aliphatic rings. The summed E-state index contributed by atoms with van der Waals surface area (Å²) in [7, 11) is 0. The molecule has 4 heteroatoms. The summed E-state index contributed by atoms with van der Waals surface area (Å²) in [4.78, 5) is 1.20. The van der Waals surface area contributed by atoms with Crippen LogP contribution in [-0.4, -0.2) is 11.7 Å². The summed E-state index contributed by atoms with van der Waals surface area (Å²) in [5, 5.41) is 11.4. The molecule has 90 valence electrons. The molecule has 1 nitrogen and oxygen atoms in total. The molecule has 1 aromatic heterocycles. The minimum absolute atomic E-state index is 0.0190. The molecule has 1 atom stereocenters. The summed E-state index contributed by atoms with van der Waals surface area (Å²) >= 11 is 5.14. The number of aliphatic hydroxyl groups excluding tert-OH is 1. The summed E-state index contributed by atoms with van der Waals surface area (Å²) in [5.74, 6) is -0.228. The average Bonchev–Trinajstić information content (AvgIpc) is 2.73. The van der Waals surface area contributed by atoms with E-state index in [9.17, 15) is 9.50 Å². The predicted octanol–water partition coefficient (Wildman–Crippen LogP) is 3.97. The van der Waals surface area contributed by atoms with Crippen molar-refractivity contribution in [2.45, 2.75) is 12.3 Å². The molecule has 1 unspecified atom stereocenters. The van der Waals surface area contributed by atoms with Gasteiger partial charge in [0, 0.05) is 15.3 Å². The highest BCUT2D eigenvalue weighted by atomic mass is 79.9. The van der Waals surface area contributed by atoms with Crippen LogP contribution < -0.4 is 0 Å². The van der Waals surface area contributed by atoms with Crippen LogP contribution >= 0.6 is 27.3 Å². The van der Waals surface area contributed by atoms with Gasteiger partial charge >= 0.3 is 0 Å². The fraction of sp³-hybridized carbons (Fsp3) is 0.231. The summed E-state index contributed by atoms with van der Waals surface area (Å²) in [5.41, 5.74) is 0.967. The van der Waals surface area contributed by atoms with Crippen molar-refractivity contribution < 1.29 is 9.50 Å². The van der Waals surface area contributed by atoms with E-state index in [1.165, 1.54) is 17.0 Å². The molecule has 0 amide bonds. The first-order chi connectivity index (χ1) is 8.20. The van der Waals surface area contributed by atoms with Crippen molar-refractivity contribution in [1.29, 1.82) is 0 Å². The van der Waals surface area contributed by atoms with E-state index >= 15 is 0 Å². The van der Waals surface area contributed by atoms with Gasteiger partial charge in [0.15, 0.2) is 0 Å². The van der Waals surface area contributed by atoms with Gasteiger partial charge in [-0.1, -0.05) is 12.1 Å². The molecule has 0 saturated heterocycles. The van der Waals surface area contributed by atoms with Crippen LogP contribution in [0.25, 0.3) is 0 Å². The molecule has 0 radical (unpaired) electrons. The van der Waals surface area contributed by atoms with Gasteiger partial charge in [-0.25, -0.2) is 4.39 Å². The van der Waals surface area contributed by atoms with Crippen molar-refractivity contribution in [3.05, 3.63) is 56.4 Å². The molecule has 0 saturated carbocycles. The third kappa shape index (κ3) is 3.15. The quantitative estimate of drug-likeness (QED) is 0.905. The second-order valence-corrected chi connectivity index (χ2v) is 5.68. The van der Waals surface area contributed by atoms with Crippen LogP contribution in [0.3, 0.4) is 0 Å². The molecule has 17 heavy (non-hydrogen) atoms. The minimum atomic E-state index is -0.247. The van der Waals surface area contributed by atoms with E-state index in [0.717, 1.165) is 16.5 Å². The molecular formula is C13H12BrFOS. The van der Waals surface area contributed by atoms with Crippen LogP contribution in [0, 0.1) is 5.82 Å². The van der Waals surface area contributed by atoms with Gasteiger partial charge < -0.3 is 5.11 Å². The maximum atomic E-state index is 12.8. The van der Waals surface area contributed by atoms with Gasteiger partial charge in [-0.2, -0.15) is 0 Å².